The summed E-state index contributed by atoms with van der Waals surface area (Å²) in [6.07, 6.45) is 0. The topological polar surface area (TPSA) is 72.9 Å². The summed E-state index contributed by atoms with van der Waals surface area (Å²) in [5.74, 6) is -0.577. The van der Waals surface area contributed by atoms with Gasteiger partial charge in [-0.3, -0.25) is 0 Å². The molecule has 0 radical (unpaired) electrons. The summed E-state index contributed by atoms with van der Waals surface area (Å²) >= 11 is 5.93. The molecule has 27 heavy (non-hydrogen) atoms. The fourth-order valence-corrected chi connectivity index (χ4v) is 4.42. The first-order chi connectivity index (χ1) is 12.9. The number of morpholine rings is 1. The van der Waals surface area contributed by atoms with Crippen molar-refractivity contribution in [3.8, 4) is 0 Å². The third kappa shape index (κ3) is 4.68. The Balaban J connectivity index is 1.79. The van der Waals surface area contributed by atoms with E-state index in [1.165, 1.54) is 16.4 Å². The average Bonchev–Trinajstić information content (AvgIpc) is 2.67. The summed E-state index contributed by atoms with van der Waals surface area (Å²) in [6, 6.07) is 11.5. The minimum atomic E-state index is -3.68. The molecule has 1 aliphatic heterocycles. The van der Waals surface area contributed by atoms with Crippen molar-refractivity contribution < 1.29 is 22.7 Å². The molecule has 3 rings (SSSR count). The number of halogens is 1. The van der Waals surface area contributed by atoms with Gasteiger partial charge in [0.15, 0.2) is 0 Å². The third-order valence-corrected chi connectivity index (χ3v) is 6.43. The van der Waals surface area contributed by atoms with E-state index < -0.39 is 16.0 Å². The van der Waals surface area contributed by atoms with Gasteiger partial charge < -0.3 is 9.47 Å². The Labute approximate surface area is 163 Å². The molecule has 2 aromatic carbocycles. The number of rotatable bonds is 5. The Bertz CT molecular complexity index is 939. The van der Waals surface area contributed by atoms with E-state index in [4.69, 9.17) is 21.1 Å². The Hall–Kier alpha value is -1.93. The van der Waals surface area contributed by atoms with Crippen LogP contribution in [0.3, 0.4) is 0 Å². The highest BCUT2D eigenvalue weighted by Crippen LogP contribution is 2.22. The van der Waals surface area contributed by atoms with Crippen LogP contribution >= 0.6 is 11.6 Å². The zero-order valence-electron chi connectivity index (χ0n) is 14.9. The molecule has 0 N–H and O–H groups in total. The van der Waals surface area contributed by atoms with Crippen molar-refractivity contribution in [2.45, 2.75) is 18.4 Å². The lowest BCUT2D eigenvalue weighted by Gasteiger charge is -2.26. The van der Waals surface area contributed by atoms with Crippen LogP contribution in [-0.4, -0.2) is 45.0 Å². The van der Waals surface area contributed by atoms with Crippen LogP contribution in [0.2, 0.25) is 5.02 Å². The van der Waals surface area contributed by atoms with Gasteiger partial charge in [0.25, 0.3) is 0 Å². The molecule has 0 spiro atoms. The van der Waals surface area contributed by atoms with Gasteiger partial charge in [0.2, 0.25) is 10.0 Å². The van der Waals surface area contributed by atoms with Crippen molar-refractivity contribution in [3.05, 3.63) is 64.2 Å². The maximum Gasteiger partial charge on any atom is 0.338 e. The molecule has 0 bridgehead atoms. The Morgan fingerprint density at radius 1 is 1.19 bits per heavy atom. The fourth-order valence-electron chi connectivity index (χ4n) is 2.77. The third-order valence-electron chi connectivity index (χ3n) is 4.30. The number of hydrogen-bond acceptors (Lipinski definition) is 5. The van der Waals surface area contributed by atoms with E-state index in [2.05, 4.69) is 0 Å². The summed E-state index contributed by atoms with van der Waals surface area (Å²) in [5, 5.41) is 0.554. The van der Waals surface area contributed by atoms with Crippen molar-refractivity contribution in [1.29, 1.82) is 0 Å². The smallest absolute Gasteiger partial charge is 0.338 e. The zero-order valence-corrected chi connectivity index (χ0v) is 16.4. The van der Waals surface area contributed by atoms with E-state index in [1.807, 2.05) is 0 Å². The molecular weight excluding hydrogens is 390 g/mol. The van der Waals surface area contributed by atoms with Gasteiger partial charge in [-0.25, -0.2) is 13.2 Å². The standard InChI is InChI=1S/C19H20ClNO5S/c1-14-5-6-17(27(23,24)21-7-9-25-10-8-21)12-18(14)19(22)26-13-15-3-2-4-16(20)11-15/h2-6,11-12H,7-10,13H2,1H3. The Morgan fingerprint density at radius 3 is 2.63 bits per heavy atom. The molecule has 0 aromatic heterocycles. The van der Waals surface area contributed by atoms with Crippen LogP contribution in [-0.2, 0) is 26.1 Å². The number of benzene rings is 2. The van der Waals surface area contributed by atoms with Gasteiger partial charge in [0, 0.05) is 18.1 Å². The lowest BCUT2D eigenvalue weighted by Crippen LogP contribution is -2.40. The molecule has 8 heteroatoms. The molecule has 144 valence electrons. The molecule has 0 atom stereocenters. The van der Waals surface area contributed by atoms with Crippen LogP contribution < -0.4 is 0 Å². The van der Waals surface area contributed by atoms with E-state index in [0.29, 0.717) is 36.9 Å². The molecule has 0 aliphatic carbocycles. The number of aryl methyl sites for hydroxylation is 1. The summed E-state index contributed by atoms with van der Waals surface area (Å²) < 4.78 is 37.5. The van der Waals surface area contributed by atoms with E-state index >= 15 is 0 Å². The Kier molecular flexibility index (Phi) is 6.16. The molecule has 1 heterocycles. The summed E-state index contributed by atoms with van der Waals surface area (Å²) in [6.45, 7) is 3.11. The minimum absolute atomic E-state index is 0.0548. The number of ether oxygens (including phenoxy) is 2. The second-order valence-corrected chi connectivity index (χ2v) is 8.57. The van der Waals surface area contributed by atoms with Gasteiger partial charge in [-0.05, 0) is 42.3 Å². The van der Waals surface area contributed by atoms with Gasteiger partial charge in [-0.15, -0.1) is 0 Å². The normalized spacial score (nSPS) is 15.5. The van der Waals surface area contributed by atoms with Crippen LogP contribution in [0.5, 0.6) is 0 Å². The van der Waals surface area contributed by atoms with Crippen LogP contribution in [0.25, 0.3) is 0 Å². The highest BCUT2D eigenvalue weighted by molar-refractivity contribution is 7.89. The molecule has 6 nitrogen and oxygen atoms in total. The first-order valence-electron chi connectivity index (χ1n) is 8.48. The predicted molar refractivity (Wildman–Crippen MR) is 101 cm³/mol. The van der Waals surface area contributed by atoms with E-state index in [9.17, 15) is 13.2 Å². The second-order valence-electron chi connectivity index (χ2n) is 6.20. The monoisotopic (exact) mass is 409 g/mol. The Morgan fingerprint density at radius 2 is 1.93 bits per heavy atom. The van der Waals surface area contributed by atoms with Crippen molar-refractivity contribution in [1.82, 2.24) is 4.31 Å². The predicted octanol–water partition coefficient (Wildman–Crippen LogP) is 3.03. The number of hydrogen-bond donors (Lipinski definition) is 0. The van der Waals surface area contributed by atoms with Gasteiger partial charge in [-0.1, -0.05) is 29.8 Å². The number of sulfonamides is 1. The minimum Gasteiger partial charge on any atom is -0.457 e. The second kappa shape index (κ2) is 8.39. The van der Waals surface area contributed by atoms with Crippen LogP contribution in [0, 0.1) is 6.92 Å². The van der Waals surface area contributed by atoms with Crippen molar-refractivity contribution in [2.75, 3.05) is 26.3 Å². The van der Waals surface area contributed by atoms with E-state index in [0.717, 1.165) is 5.56 Å². The van der Waals surface area contributed by atoms with Gasteiger partial charge in [0.05, 0.1) is 23.7 Å². The molecule has 1 saturated heterocycles. The number of nitrogens with zero attached hydrogens (tertiary/aromatic N) is 1. The maximum absolute atomic E-state index is 12.8. The van der Waals surface area contributed by atoms with Crippen LogP contribution in [0.1, 0.15) is 21.5 Å². The van der Waals surface area contributed by atoms with Crippen molar-refractivity contribution in [3.63, 3.8) is 0 Å². The lowest BCUT2D eigenvalue weighted by atomic mass is 10.1. The van der Waals surface area contributed by atoms with E-state index in [-0.39, 0.29) is 17.1 Å². The van der Waals surface area contributed by atoms with E-state index in [1.54, 1.807) is 37.3 Å². The highest BCUT2D eigenvalue weighted by atomic mass is 35.5. The summed E-state index contributed by atoms with van der Waals surface area (Å²) in [5.41, 5.74) is 1.63. The quantitative estimate of drug-likeness (QED) is 0.710. The first-order valence-corrected chi connectivity index (χ1v) is 10.3. The largest absolute Gasteiger partial charge is 0.457 e. The molecule has 1 aliphatic rings. The van der Waals surface area contributed by atoms with Crippen molar-refractivity contribution >= 4 is 27.6 Å². The highest BCUT2D eigenvalue weighted by Gasteiger charge is 2.27. The van der Waals surface area contributed by atoms with Crippen LogP contribution in [0.4, 0.5) is 0 Å². The molecule has 0 unspecified atom stereocenters. The molecular formula is C19H20ClNO5S. The number of carbonyl (C=O) groups is 1. The molecule has 2 aromatic rings. The van der Waals surface area contributed by atoms with Gasteiger partial charge in [0.1, 0.15) is 6.61 Å². The van der Waals surface area contributed by atoms with Gasteiger partial charge >= 0.3 is 5.97 Å². The first kappa shape index (κ1) is 19.8. The lowest BCUT2D eigenvalue weighted by molar-refractivity contribution is 0.0471. The molecule has 0 amide bonds. The van der Waals surface area contributed by atoms with Crippen LogP contribution in [0.15, 0.2) is 47.4 Å². The number of carbonyl (C=O) groups excluding carboxylic acids is 1. The molecule has 0 saturated carbocycles. The summed E-state index contributed by atoms with van der Waals surface area (Å²) in [7, 11) is -3.68. The number of esters is 1. The zero-order chi connectivity index (χ0) is 19.4. The summed E-state index contributed by atoms with van der Waals surface area (Å²) in [4.78, 5) is 12.6. The van der Waals surface area contributed by atoms with Crippen molar-refractivity contribution in [2.24, 2.45) is 0 Å². The van der Waals surface area contributed by atoms with Gasteiger partial charge in [-0.2, -0.15) is 4.31 Å². The SMILES string of the molecule is Cc1ccc(S(=O)(=O)N2CCOCC2)cc1C(=O)OCc1cccc(Cl)c1. The fraction of sp³-hybridized carbons (Fsp3) is 0.316. The average molecular weight is 410 g/mol. The molecule has 1 fully saturated rings. The maximum atomic E-state index is 12.8.